The van der Waals surface area contributed by atoms with Crippen molar-refractivity contribution in [2.45, 2.75) is 95.9 Å². The first-order chi connectivity index (χ1) is 9.06. The number of fused-ring (bicyclic) bond motifs is 4. The van der Waals surface area contributed by atoms with Crippen LogP contribution >= 0.6 is 0 Å². The molecule has 0 N–H and O–H groups in total. The second-order valence-corrected chi connectivity index (χ2v) is 6.74. The summed E-state index contributed by atoms with van der Waals surface area (Å²) in [4.78, 5) is 0. The topological polar surface area (TPSA) is 27.7 Å². The number of hydrogen-bond donors (Lipinski definition) is 0. The van der Waals surface area contributed by atoms with Crippen molar-refractivity contribution in [2.75, 3.05) is 0 Å². The summed E-state index contributed by atoms with van der Waals surface area (Å²) in [7, 11) is 0. The van der Waals surface area contributed by atoms with Gasteiger partial charge in [0.15, 0.2) is 0 Å². The van der Waals surface area contributed by atoms with Gasteiger partial charge in [-0.2, -0.15) is 0 Å². The lowest BCUT2D eigenvalue weighted by molar-refractivity contribution is -0.346. The van der Waals surface area contributed by atoms with Gasteiger partial charge in [0.05, 0.1) is 5.60 Å². The molecule has 2 heterocycles. The minimum atomic E-state index is -0.439. The van der Waals surface area contributed by atoms with Crippen LogP contribution in [0.1, 0.15) is 72.6 Å². The largest absolute Gasteiger partial charge is 0.323 e. The molecule has 1 saturated carbocycles. The number of hydrogen-bond acceptors (Lipinski definition) is 3. The summed E-state index contributed by atoms with van der Waals surface area (Å²) < 4.78 is 18.8. The summed E-state index contributed by atoms with van der Waals surface area (Å²) in [5.41, 5.74) is -0.316. The fraction of sp³-hybridized carbons (Fsp3) is 1.00. The normalized spacial score (nSPS) is 52.4. The van der Waals surface area contributed by atoms with Gasteiger partial charge in [0.25, 0.3) is 6.48 Å². The molecule has 110 valence electrons. The van der Waals surface area contributed by atoms with Crippen LogP contribution in [0.5, 0.6) is 0 Å². The molecule has 2 bridgehead atoms. The van der Waals surface area contributed by atoms with E-state index in [1.165, 1.54) is 12.8 Å². The second kappa shape index (κ2) is 4.44. The fourth-order valence-electron chi connectivity index (χ4n) is 5.14. The van der Waals surface area contributed by atoms with Crippen molar-refractivity contribution in [1.29, 1.82) is 0 Å². The average Bonchev–Trinajstić information content (AvgIpc) is 2.89. The van der Waals surface area contributed by atoms with Crippen molar-refractivity contribution in [2.24, 2.45) is 5.92 Å². The maximum Gasteiger partial charge on any atom is 0.273 e. The van der Waals surface area contributed by atoms with Gasteiger partial charge >= 0.3 is 0 Å². The minimum absolute atomic E-state index is 0.0381. The van der Waals surface area contributed by atoms with Crippen LogP contribution in [0.4, 0.5) is 0 Å². The summed E-state index contributed by atoms with van der Waals surface area (Å²) in [6.07, 6.45) is 7.87. The monoisotopic (exact) mass is 268 g/mol. The Morgan fingerprint density at radius 1 is 1.05 bits per heavy atom. The molecule has 0 aromatic rings. The fourth-order valence-corrected chi connectivity index (χ4v) is 5.14. The Kier molecular flexibility index (Phi) is 3.23. The Labute approximate surface area is 117 Å². The molecular weight excluding hydrogens is 240 g/mol. The van der Waals surface area contributed by atoms with Crippen LogP contribution in [-0.2, 0) is 14.2 Å². The highest BCUT2D eigenvalue weighted by atomic mass is 16.9. The van der Waals surface area contributed by atoms with Gasteiger partial charge in [-0.15, -0.1) is 0 Å². The van der Waals surface area contributed by atoms with Crippen molar-refractivity contribution in [3.8, 4) is 0 Å². The Balaban J connectivity index is 2.05. The summed E-state index contributed by atoms with van der Waals surface area (Å²) >= 11 is 0. The molecule has 3 heteroatoms. The summed E-state index contributed by atoms with van der Waals surface area (Å²) in [5.74, 6) is 0.482. The highest BCUT2D eigenvalue weighted by molar-refractivity contribution is 5.16. The van der Waals surface area contributed by atoms with E-state index >= 15 is 0 Å². The predicted molar refractivity (Wildman–Crippen MR) is 73.7 cm³/mol. The Morgan fingerprint density at radius 3 is 2.47 bits per heavy atom. The molecule has 5 atom stereocenters. The van der Waals surface area contributed by atoms with E-state index in [9.17, 15) is 0 Å². The molecular formula is C16H28O3. The van der Waals surface area contributed by atoms with Gasteiger partial charge in [0.1, 0.15) is 11.2 Å². The van der Waals surface area contributed by atoms with Crippen LogP contribution in [0.25, 0.3) is 0 Å². The van der Waals surface area contributed by atoms with E-state index in [1.54, 1.807) is 0 Å². The van der Waals surface area contributed by atoms with Gasteiger partial charge in [0.2, 0.25) is 0 Å². The minimum Gasteiger partial charge on any atom is -0.323 e. The maximum atomic E-state index is 6.33. The lowest BCUT2D eigenvalue weighted by Gasteiger charge is -2.51. The molecule has 0 amide bonds. The van der Waals surface area contributed by atoms with E-state index in [-0.39, 0.29) is 16.8 Å². The Hall–Kier alpha value is -0.120. The van der Waals surface area contributed by atoms with Crippen LogP contribution in [0.2, 0.25) is 0 Å². The average molecular weight is 268 g/mol. The third-order valence-electron chi connectivity index (χ3n) is 5.98. The molecule has 3 fully saturated rings. The summed E-state index contributed by atoms with van der Waals surface area (Å²) in [5, 5.41) is 0. The zero-order valence-corrected chi connectivity index (χ0v) is 12.8. The standard InChI is InChI=1S/C16H28O3/c1-5-10-15(6-2)16(7-3)12-9-8-11-14(12,4)17-13(18-15)19-16/h12-13H,5-11H2,1-4H3. The summed E-state index contributed by atoms with van der Waals surface area (Å²) in [6.45, 7) is 8.57. The van der Waals surface area contributed by atoms with Crippen LogP contribution in [-0.4, -0.2) is 23.3 Å². The lowest BCUT2D eigenvalue weighted by Crippen LogP contribution is -2.61. The van der Waals surface area contributed by atoms with E-state index in [2.05, 4.69) is 27.7 Å². The summed E-state index contributed by atoms with van der Waals surface area (Å²) in [6, 6.07) is 0. The first kappa shape index (κ1) is 13.8. The van der Waals surface area contributed by atoms with E-state index in [0.717, 1.165) is 32.1 Å². The van der Waals surface area contributed by atoms with Gasteiger partial charge in [-0.3, -0.25) is 0 Å². The van der Waals surface area contributed by atoms with Crippen molar-refractivity contribution in [3.05, 3.63) is 0 Å². The molecule has 5 unspecified atom stereocenters. The third kappa shape index (κ3) is 1.61. The Morgan fingerprint density at radius 2 is 1.84 bits per heavy atom. The molecule has 3 rings (SSSR count). The lowest BCUT2D eigenvalue weighted by atomic mass is 9.64. The molecule has 19 heavy (non-hydrogen) atoms. The quantitative estimate of drug-likeness (QED) is 0.771. The molecule has 1 aliphatic carbocycles. The van der Waals surface area contributed by atoms with E-state index in [4.69, 9.17) is 14.2 Å². The van der Waals surface area contributed by atoms with Crippen molar-refractivity contribution >= 4 is 0 Å². The number of rotatable bonds is 4. The second-order valence-electron chi connectivity index (χ2n) is 6.74. The van der Waals surface area contributed by atoms with Gasteiger partial charge in [-0.25, -0.2) is 0 Å². The molecule has 2 aliphatic heterocycles. The molecule has 2 saturated heterocycles. The first-order valence-corrected chi connectivity index (χ1v) is 8.09. The van der Waals surface area contributed by atoms with Gasteiger partial charge in [-0.05, 0) is 39.0 Å². The van der Waals surface area contributed by atoms with Crippen LogP contribution in [0, 0.1) is 5.92 Å². The predicted octanol–water partition coefficient (Wildman–Crippen LogP) is 4.00. The molecule has 3 aliphatic rings. The maximum absolute atomic E-state index is 6.33. The van der Waals surface area contributed by atoms with Crippen LogP contribution in [0.15, 0.2) is 0 Å². The number of ether oxygens (including phenoxy) is 3. The van der Waals surface area contributed by atoms with E-state index in [1.807, 2.05) is 0 Å². The van der Waals surface area contributed by atoms with Gasteiger partial charge in [-0.1, -0.05) is 33.6 Å². The van der Waals surface area contributed by atoms with Gasteiger partial charge < -0.3 is 14.2 Å². The SMILES string of the molecule is CCCC1(CC)OC2OC3(C)CCCC3C1(CC)O2. The van der Waals surface area contributed by atoms with E-state index in [0.29, 0.717) is 5.92 Å². The third-order valence-corrected chi connectivity index (χ3v) is 5.98. The van der Waals surface area contributed by atoms with Crippen molar-refractivity contribution < 1.29 is 14.2 Å². The highest BCUT2D eigenvalue weighted by Gasteiger charge is 2.70. The molecule has 0 spiro atoms. The smallest absolute Gasteiger partial charge is 0.273 e. The van der Waals surface area contributed by atoms with E-state index < -0.39 is 6.48 Å². The van der Waals surface area contributed by atoms with Crippen LogP contribution < -0.4 is 0 Å². The Bertz CT molecular complexity index is 356. The zero-order chi connectivity index (χ0) is 13.7. The molecule has 0 aromatic heterocycles. The first-order valence-electron chi connectivity index (χ1n) is 8.09. The van der Waals surface area contributed by atoms with Crippen molar-refractivity contribution in [3.63, 3.8) is 0 Å². The highest BCUT2D eigenvalue weighted by Crippen LogP contribution is 2.62. The van der Waals surface area contributed by atoms with Crippen molar-refractivity contribution in [1.82, 2.24) is 0 Å². The molecule has 3 nitrogen and oxygen atoms in total. The molecule has 0 radical (unpaired) electrons. The molecule has 0 aromatic carbocycles. The van der Waals surface area contributed by atoms with Gasteiger partial charge in [0, 0.05) is 5.92 Å². The zero-order valence-electron chi connectivity index (χ0n) is 12.8. The van der Waals surface area contributed by atoms with Crippen LogP contribution in [0.3, 0.4) is 0 Å².